The Balaban J connectivity index is 1.53. The number of rotatable bonds is 6. The number of carbonyl (C=O) groups is 1. The topological polar surface area (TPSA) is 60.0 Å². The smallest absolute Gasteiger partial charge is 0.415 e. The molecule has 210 valence electrons. The maximum absolute atomic E-state index is 14.0. The van der Waals surface area contributed by atoms with Crippen molar-refractivity contribution in [3.63, 3.8) is 0 Å². The highest BCUT2D eigenvalue weighted by Gasteiger charge is 2.27. The minimum absolute atomic E-state index is 0.202. The van der Waals surface area contributed by atoms with E-state index in [0.717, 1.165) is 50.6 Å². The van der Waals surface area contributed by atoms with Gasteiger partial charge >= 0.3 is 6.09 Å². The normalized spacial score (nSPS) is 15.9. The van der Waals surface area contributed by atoms with Gasteiger partial charge < -0.3 is 24.4 Å². The van der Waals surface area contributed by atoms with E-state index in [0.29, 0.717) is 30.3 Å². The fraction of sp³-hybridized carbons (Fsp3) is 0.344. The molecule has 40 heavy (non-hydrogen) atoms. The van der Waals surface area contributed by atoms with Crippen LogP contribution in [0.2, 0.25) is 0 Å². The standard InChI is InChI=1S/C32H35FN2O4S/c1-20-6-7-22(33)16-28(20)38-19-26-24(10-11-27-30(26)21(2)18-32(3,4)34-27)25-9-8-23(17-29(25)37-5)39-31(36)35-12-14-40-15-13-35/h6-11,16-18,34H,12-15,19H2,1-5H3. The van der Waals surface area contributed by atoms with E-state index in [-0.39, 0.29) is 24.1 Å². The Morgan fingerprint density at radius 3 is 2.52 bits per heavy atom. The van der Waals surface area contributed by atoms with Gasteiger partial charge in [0.2, 0.25) is 0 Å². The monoisotopic (exact) mass is 562 g/mol. The Hall–Kier alpha value is -3.65. The van der Waals surface area contributed by atoms with Crippen LogP contribution >= 0.6 is 11.8 Å². The number of nitrogens with zero attached hydrogens (tertiary/aromatic N) is 1. The number of hydrogen-bond acceptors (Lipinski definition) is 6. The number of methoxy groups -OCH3 is 1. The molecule has 0 spiro atoms. The third kappa shape index (κ3) is 5.92. The van der Waals surface area contributed by atoms with E-state index >= 15 is 0 Å². The molecule has 0 aliphatic carbocycles. The number of benzene rings is 3. The molecule has 0 bridgehead atoms. The Morgan fingerprint density at radius 2 is 1.77 bits per heavy atom. The van der Waals surface area contributed by atoms with Gasteiger partial charge in [0.1, 0.15) is 29.7 Å². The molecular formula is C32H35FN2O4S. The largest absolute Gasteiger partial charge is 0.496 e. The van der Waals surface area contributed by atoms with Crippen molar-refractivity contribution < 1.29 is 23.4 Å². The van der Waals surface area contributed by atoms with E-state index in [2.05, 4.69) is 38.2 Å². The van der Waals surface area contributed by atoms with Crippen LogP contribution in [0, 0.1) is 12.7 Å². The lowest BCUT2D eigenvalue weighted by Gasteiger charge is -2.33. The van der Waals surface area contributed by atoms with Crippen LogP contribution < -0.4 is 19.5 Å². The van der Waals surface area contributed by atoms with Crippen molar-refractivity contribution in [3.8, 4) is 28.4 Å². The molecule has 3 aromatic carbocycles. The maximum Gasteiger partial charge on any atom is 0.415 e. The van der Waals surface area contributed by atoms with E-state index in [1.807, 2.05) is 30.8 Å². The molecule has 2 aliphatic rings. The van der Waals surface area contributed by atoms with Crippen LogP contribution in [0.15, 0.2) is 54.6 Å². The number of carbonyl (C=O) groups excluding carboxylic acids is 1. The Labute approximate surface area is 239 Å². The minimum atomic E-state index is -0.349. The van der Waals surface area contributed by atoms with Crippen LogP contribution in [0.5, 0.6) is 17.2 Å². The molecule has 6 nitrogen and oxygen atoms in total. The summed E-state index contributed by atoms with van der Waals surface area (Å²) in [7, 11) is 1.60. The van der Waals surface area contributed by atoms with Gasteiger partial charge in [-0.15, -0.1) is 0 Å². The van der Waals surface area contributed by atoms with E-state index in [1.54, 1.807) is 30.2 Å². The lowest BCUT2D eigenvalue weighted by atomic mass is 9.85. The van der Waals surface area contributed by atoms with Gasteiger partial charge in [-0.1, -0.05) is 18.2 Å². The first-order valence-corrected chi connectivity index (χ1v) is 14.6. The van der Waals surface area contributed by atoms with Crippen molar-refractivity contribution in [2.45, 2.75) is 39.8 Å². The van der Waals surface area contributed by atoms with Gasteiger partial charge in [0.05, 0.1) is 12.6 Å². The van der Waals surface area contributed by atoms with Crippen LogP contribution in [0.4, 0.5) is 14.9 Å². The third-order valence-corrected chi connectivity index (χ3v) is 8.14. The second-order valence-corrected chi connectivity index (χ2v) is 11.9. The summed E-state index contributed by atoms with van der Waals surface area (Å²) in [5.41, 5.74) is 6.54. The summed E-state index contributed by atoms with van der Waals surface area (Å²) in [5.74, 6) is 2.98. The number of fused-ring (bicyclic) bond motifs is 1. The number of allylic oxidation sites excluding steroid dienone is 1. The number of nitrogens with one attached hydrogen (secondary N) is 1. The number of ether oxygens (including phenoxy) is 3. The summed E-state index contributed by atoms with van der Waals surface area (Å²) in [5, 5.41) is 3.61. The Kier molecular flexibility index (Phi) is 7.99. The zero-order valence-corrected chi connectivity index (χ0v) is 24.4. The first-order valence-electron chi connectivity index (χ1n) is 13.4. The first-order chi connectivity index (χ1) is 19.1. The number of halogens is 1. The summed E-state index contributed by atoms with van der Waals surface area (Å²) in [6.45, 7) is 9.84. The zero-order valence-electron chi connectivity index (χ0n) is 23.6. The number of anilines is 1. The van der Waals surface area contributed by atoms with Crippen molar-refractivity contribution in [1.82, 2.24) is 4.90 Å². The van der Waals surface area contributed by atoms with Gasteiger partial charge in [0.25, 0.3) is 0 Å². The van der Waals surface area contributed by atoms with Crippen LogP contribution in [0.3, 0.4) is 0 Å². The van der Waals surface area contributed by atoms with Gasteiger partial charge in [0, 0.05) is 59.1 Å². The highest BCUT2D eigenvalue weighted by atomic mass is 32.2. The molecule has 0 unspecified atom stereocenters. The van der Waals surface area contributed by atoms with Crippen molar-refractivity contribution in [2.75, 3.05) is 37.0 Å². The van der Waals surface area contributed by atoms with Gasteiger partial charge in [0.15, 0.2) is 0 Å². The lowest BCUT2D eigenvalue weighted by molar-refractivity contribution is 0.157. The summed E-state index contributed by atoms with van der Waals surface area (Å²) in [4.78, 5) is 14.4. The zero-order chi connectivity index (χ0) is 28.4. The molecule has 3 aromatic rings. The van der Waals surface area contributed by atoms with Gasteiger partial charge in [-0.25, -0.2) is 9.18 Å². The van der Waals surface area contributed by atoms with Crippen LogP contribution in [-0.2, 0) is 6.61 Å². The van der Waals surface area contributed by atoms with E-state index in [1.165, 1.54) is 12.1 Å². The van der Waals surface area contributed by atoms with Crippen LogP contribution in [0.1, 0.15) is 37.5 Å². The fourth-order valence-electron chi connectivity index (χ4n) is 5.35. The SMILES string of the molecule is COc1cc(OC(=O)N2CCSCC2)ccc1-c1ccc2c(c1COc1cc(F)ccc1C)C(C)=CC(C)(C)N2. The van der Waals surface area contributed by atoms with Crippen molar-refractivity contribution in [2.24, 2.45) is 0 Å². The minimum Gasteiger partial charge on any atom is -0.496 e. The molecule has 0 aromatic heterocycles. The summed E-state index contributed by atoms with van der Waals surface area (Å²) in [6.07, 6.45) is 1.85. The van der Waals surface area contributed by atoms with E-state index < -0.39 is 0 Å². The number of aryl methyl sites for hydroxylation is 1. The molecule has 0 radical (unpaired) electrons. The molecule has 2 heterocycles. The Bertz CT molecular complexity index is 1460. The van der Waals surface area contributed by atoms with E-state index in [9.17, 15) is 9.18 Å². The average Bonchev–Trinajstić information content (AvgIpc) is 2.93. The molecule has 1 fully saturated rings. The summed E-state index contributed by atoms with van der Waals surface area (Å²) in [6, 6.07) is 14.1. The van der Waals surface area contributed by atoms with Gasteiger partial charge in [-0.05, 0) is 68.7 Å². The average molecular weight is 563 g/mol. The van der Waals surface area contributed by atoms with Crippen LogP contribution in [0.25, 0.3) is 16.7 Å². The number of thioether (sulfide) groups is 1. The highest BCUT2D eigenvalue weighted by Crippen LogP contribution is 2.43. The third-order valence-electron chi connectivity index (χ3n) is 7.20. The molecular weight excluding hydrogens is 527 g/mol. The second kappa shape index (κ2) is 11.5. The van der Waals surface area contributed by atoms with Crippen molar-refractivity contribution in [1.29, 1.82) is 0 Å². The molecule has 1 saturated heterocycles. The number of amides is 1. The summed E-state index contributed by atoms with van der Waals surface area (Å²) < 4.78 is 31.8. The molecule has 0 atom stereocenters. The predicted octanol–water partition coefficient (Wildman–Crippen LogP) is 7.54. The molecule has 5 rings (SSSR count). The van der Waals surface area contributed by atoms with E-state index in [4.69, 9.17) is 14.2 Å². The maximum atomic E-state index is 14.0. The summed E-state index contributed by atoms with van der Waals surface area (Å²) >= 11 is 1.84. The lowest BCUT2D eigenvalue weighted by Crippen LogP contribution is -2.39. The quantitative estimate of drug-likeness (QED) is 0.335. The molecule has 1 amide bonds. The molecule has 0 saturated carbocycles. The second-order valence-electron chi connectivity index (χ2n) is 10.7. The number of hydrogen-bond donors (Lipinski definition) is 1. The predicted molar refractivity (Wildman–Crippen MR) is 160 cm³/mol. The molecule has 8 heteroatoms. The molecule has 1 N–H and O–H groups in total. The van der Waals surface area contributed by atoms with Gasteiger partial charge in [-0.2, -0.15) is 11.8 Å². The Morgan fingerprint density at radius 1 is 1.02 bits per heavy atom. The van der Waals surface area contributed by atoms with Crippen molar-refractivity contribution in [3.05, 3.63) is 77.1 Å². The fourth-order valence-corrected chi connectivity index (χ4v) is 6.25. The first kappa shape index (κ1) is 27.9. The van der Waals surface area contributed by atoms with Crippen molar-refractivity contribution >= 4 is 29.1 Å². The highest BCUT2D eigenvalue weighted by molar-refractivity contribution is 7.99. The van der Waals surface area contributed by atoms with Gasteiger partial charge in [-0.3, -0.25) is 0 Å². The molecule has 2 aliphatic heterocycles. The van der Waals surface area contributed by atoms with Crippen LogP contribution in [-0.4, -0.2) is 48.2 Å².